The zero-order chi connectivity index (χ0) is 13.1. The Labute approximate surface area is 105 Å². The molecule has 0 amide bonds. The summed E-state index contributed by atoms with van der Waals surface area (Å²) in [5.41, 5.74) is 2.90. The first-order valence-electron chi connectivity index (χ1n) is 5.90. The predicted octanol–water partition coefficient (Wildman–Crippen LogP) is 1.35. The van der Waals surface area contributed by atoms with Gasteiger partial charge in [-0.25, -0.2) is 4.98 Å². The van der Waals surface area contributed by atoms with Crippen LogP contribution in [-0.2, 0) is 17.8 Å². The van der Waals surface area contributed by atoms with E-state index in [9.17, 15) is 4.79 Å². The van der Waals surface area contributed by atoms with E-state index in [1.54, 1.807) is 0 Å². The van der Waals surface area contributed by atoms with E-state index in [2.05, 4.69) is 4.98 Å². The van der Waals surface area contributed by atoms with Gasteiger partial charge in [0.1, 0.15) is 5.82 Å². The maximum absolute atomic E-state index is 10.6. The Morgan fingerprint density at radius 1 is 1.44 bits per heavy atom. The number of aliphatic hydroxyl groups excluding tert-OH is 1. The van der Waals surface area contributed by atoms with Gasteiger partial charge in [0.05, 0.1) is 24.1 Å². The lowest BCUT2D eigenvalue weighted by Gasteiger charge is -2.06. The predicted molar refractivity (Wildman–Crippen MR) is 67.5 cm³/mol. The van der Waals surface area contributed by atoms with Gasteiger partial charge >= 0.3 is 5.97 Å². The van der Waals surface area contributed by atoms with Crippen molar-refractivity contribution in [3.63, 3.8) is 0 Å². The summed E-state index contributed by atoms with van der Waals surface area (Å²) in [6.07, 6.45) is 0.427. The third kappa shape index (κ3) is 2.51. The topological polar surface area (TPSA) is 75.3 Å². The van der Waals surface area contributed by atoms with Gasteiger partial charge in [-0.15, -0.1) is 0 Å². The quantitative estimate of drug-likeness (QED) is 0.837. The Morgan fingerprint density at radius 3 is 2.89 bits per heavy atom. The Bertz CT molecular complexity index is 575. The molecule has 2 N–H and O–H groups in total. The first kappa shape index (κ1) is 12.6. The summed E-state index contributed by atoms with van der Waals surface area (Å²) < 4.78 is 1.89. The van der Waals surface area contributed by atoms with Crippen molar-refractivity contribution in [1.29, 1.82) is 0 Å². The van der Waals surface area contributed by atoms with E-state index >= 15 is 0 Å². The molecule has 2 rings (SSSR count). The number of aliphatic hydroxyl groups is 1. The molecule has 0 saturated heterocycles. The monoisotopic (exact) mass is 248 g/mol. The SMILES string of the molecule is Cc1ccc2c(c1)nc(CCC(=O)O)n2CCO. The Hall–Kier alpha value is -1.88. The first-order chi connectivity index (χ1) is 8.61. The minimum absolute atomic E-state index is 0.0133. The molecular weight excluding hydrogens is 232 g/mol. The van der Waals surface area contributed by atoms with Crippen LogP contribution in [0, 0.1) is 6.92 Å². The highest BCUT2D eigenvalue weighted by atomic mass is 16.4. The highest BCUT2D eigenvalue weighted by Gasteiger charge is 2.11. The summed E-state index contributed by atoms with van der Waals surface area (Å²) in [4.78, 5) is 15.1. The Kier molecular flexibility index (Phi) is 3.62. The zero-order valence-electron chi connectivity index (χ0n) is 10.3. The molecule has 18 heavy (non-hydrogen) atoms. The van der Waals surface area contributed by atoms with Gasteiger partial charge in [0.15, 0.2) is 0 Å². The highest BCUT2D eigenvalue weighted by Crippen LogP contribution is 2.18. The van der Waals surface area contributed by atoms with Gasteiger partial charge in [0.2, 0.25) is 0 Å². The minimum Gasteiger partial charge on any atom is -0.481 e. The number of aryl methyl sites for hydroxylation is 2. The van der Waals surface area contributed by atoms with Crippen molar-refractivity contribution in [3.05, 3.63) is 29.6 Å². The third-order valence-corrected chi connectivity index (χ3v) is 2.87. The fourth-order valence-electron chi connectivity index (χ4n) is 2.05. The lowest BCUT2D eigenvalue weighted by atomic mass is 10.2. The van der Waals surface area contributed by atoms with Crippen LogP contribution in [0.25, 0.3) is 11.0 Å². The summed E-state index contributed by atoms with van der Waals surface area (Å²) in [6.45, 7) is 2.44. The van der Waals surface area contributed by atoms with Crippen molar-refractivity contribution in [3.8, 4) is 0 Å². The van der Waals surface area contributed by atoms with Crippen LogP contribution in [0.5, 0.6) is 0 Å². The lowest BCUT2D eigenvalue weighted by Crippen LogP contribution is -2.09. The molecule has 0 aliphatic carbocycles. The van der Waals surface area contributed by atoms with Crippen molar-refractivity contribution in [2.24, 2.45) is 0 Å². The van der Waals surface area contributed by atoms with Gasteiger partial charge in [0.25, 0.3) is 0 Å². The van der Waals surface area contributed by atoms with Crippen molar-refractivity contribution in [2.75, 3.05) is 6.61 Å². The summed E-state index contributed by atoms with van der Waals surface area (Å²) in [5, 5.41) is 17.8. The van der Waals surface area contributed by atoms with Crippen LogP contribution in [0.3, 0.4) is 0 Å². The smallest absolute Gasteiger partial charge is 0.303 e. The molecule has 0 radical (unpaired) electrons. The molecule has 5 heteroatoms. The number of nitrogens with zero attached hydrogens (tertiary/aromatic N) is 2. The number of imidazole rings is 1. The number of fused-ring (bicyclic) bond motifs is 1. The Balaban J connectivity index is 2.43. The molecule has 0 aliphatic heterocycles. The van der Waals surface area contributed by atoms with Gasteiger partial charge < -0.3 is 14.8 Å². The number of aliphatic carboxylic acids is 1. The molecule has 5 nitrogen and oxygen atoms in total. The molecule has 0 atom stereocenters. The zero-order valence-corrected chi connectivity index (χ0v) is 10.3. The summed E-state index contributed by atoms with van der Waals surface area (Å²) in [5.74, 6) is -0.124. The number of carbonyl (C=O) groups is 1. The van der Waals surface area contributed by atoms with Gasteiger partial charge in [-0.05, 0) is 24.6 Å². The number of carboxylic acids is 1. The van der Waals surface area contributed by atoms with Crippen LogP contribution in [-0.4, -0.2) is 32.3 Å². The van der Waals surface area contributed by atoms with Crippen LogP contribution >= 0.6 is 0 Å². The molecule has 0 spiro atoms. The van der Waals surface area contributed by atoms with Gasteiger partial charge in [0, 0.05) is 13.0 Å². The van der Waals surface area contributed by atoms with E-state index in [4.69, 9.17) is 10.2 Å². The highest BCUT2D eigenvalue weighted by molar-refractivity contribution is 5.77. The molecule has 0 saturated carbocycles. The molecule has 1 aromatic heterocycles. The number of hydrogen-bond acceptors (Lipinski definition) is 3. The molecule has 96 valence electrons. The van der Waals surface area contributed by atoms with Crippen LogP contribution in [0.2, 0.25) is 0 Å². The number of benzene rings is 1. The van der Waals surface area contributed by atoms with Crippen molar-refractivity contribution in [1.82, 2.24) is 9.55 Å². The molecule has 0 bridgehead atoms. The lowest BCUT2D eigenvalue weighted by molar-refractivity contribution is -0.137. The van der Waals surface area contributed by atoms with E-state index in [1.165, 1.54) is 0 Å². The molecule has 1 aromatic carbocycles. The average molecular weight is 248 g/mol. The summed E-state index contributed by atoms with van der Waals surface area (Å²) in [6, 6.07) is 5.91. The van der Waals surface area contributed by atoms with Crippen molar-refractivity contribution < 1.29 is 15.0 Å². The normalized spacial score (nSPS) is 11.0. The van der Waals surface area contributed by atoms with Gasteiger partial charge in [-0.2, -0.15) is 0 Å². The van der Waals surface area contributed by atoms with Gasteiger partial charge in [-0.3, -0.25) is 4.79 Å². The van der Waals surface area contributed by atoms with Crippen molar-refractivity contribution in [2.45, 2.75) is 26.3 Å². The maximum atomic E-state index is 10.6. The Morgan fingerprint density at radius 2 is 2.22 bits per heavy atom. The standard InChI is InChI=1S/C13H16N2O3/c1-9-2-3-11-10(8-9)14-12(4-5-13(17)18)15(11)6-7-16/h2-3,8,16H,4-7H2,1H3,(H,17,18). The minimum atomic E-state index is -0.839. The number of carboxylic acid groups (broad SMARTS) is 1. The fraction of sp³-hybridized carbons (Fsp3) is 0.385. The summed E-state index contributed by atoms with van der Waals surface area (Å²) in [7, 11) is 0. The average Bonchev–Trinajstić information content (AvgIpc) is 2.64. The molecule has 1 heterocycles. The molecule has 0 fully saturated rings. The van der Waals surface area contributed by atoms with Crippen molar-refractivity contribution >= 4 is 17.0 Å². The molecule has 2 aromatic rings. The van der Waals surface area contributed by atoms with Gasteiger partial charge in [-0.1, -0.05) is 6.07 Å². The van der Waals surface area contributed by atoms with Crippen LogP contribution < -0.4 is 0 Å². The van der Waals surface area contributed by atoms with Crippen LogP contribution in [0.4, 0.5) is 0 Å². The molecule has 0 aliphatic rings. The largest absolute Gasteiger partial charge is 0.481 e. The number of rotatable bonds is 5. The maximum Gasteiger partial charge on any atom is 0.303 e. The number of hydrogen-bond donors (Lipinski definition) is 2. The second-order valence-electron chi connectivity index (χ2n) is 4.29. The van der Waals surface area contributed by atoms with E-state index in [1.807, 2.05) is 29.7 Å². The molecular formula is C13H16N2O3. The van der Waals surface area contributed by atoms with Crippen LogP contribution in [0.15, 0.2) is 18.2 Å². The molecule has 0 unspecified atom stereocenters. The van der Waals surface area contributed by atoms with E-state index in [-0.39, 0.29) is 13.0 Å². The summed E-state index contributed by atoms with van der Waals surface area (Å²) >= 11 is 0. The van der Waals surface area contributed by atoms with E-state index < -0.39 is 5.97 Å². The second-order valence-corrected chi connectivity index (χ2v) is 4.29. The van der Waals surface area contributed by atoms with E-state index in [0.717, 1.165) is 16.6 Å². The first-order valence-corrected chi connectivity index (χ1v) is 5.90. The van der Waals surface area contributed by atoms with E-state index in [0.29, 0.717) is 18.8 Å². The fourth-order valence-corrected chi connectivity index (χ4v) is 2.05. The van der Waals surface area contributed by atoms with Crippen LogP contribution in [0.1, 0.15) is 17.8 Å². The second kappa shape index (κ2) is 5.18. The third-order valence-electron chi connectivity index (χ3n) is 2.87. The number of aromatic nitrogens is 2.